The van der Waals surface area contributed by atoms with Crippen LogP contribution in [-0.2, 0) is 11.3 Å². The minimum absolute atomic E-state index is 0.0216. The first-order chi connectivity index (χ1) is 15.7. The molecule has 1 heterocycles. The van der Waals surface area contributed by atoms with Crippen molar-refractivity contribution in [1.82, 2.24) is 10.2 Å². The number of halogens is 2. The Labute approximate surface area is 190 Å². The minimum Gasteiger partial charge on any atom is -0.506 e. The van der Waals surface area contributed by atoms with Gasteiger partial charge in [-0.2, -0.15) is 0 Å². The summed E-state index contributed by atoms with van der Waals surface area (Å²) in [7, 11) is 1.75. The number of nitrogens with two attached hydrogens (primary N) is 2. The maximum absolute atomic E-state index is 13.4. The Morgan fingerprint density at radius 2 is 1.85 bits per heavy atom. The molecule has 8 nitrogen and oxygen atoms in total. The number of hydrogen-bond donors (Lipinski definition) is 5. The van der Waals surface area contributed by atoms with Crippen LogP contribution in [-0.4, -0.2) is 54.4 Å². The molecule has 2 aromatic carbocycles. The van der Waals surface area contributed by atoms with E-state index in [-0.39, 0.29) is 35.2 Å². The van der Waals surface area contributed by atoms with Crippen LogP contribution >= 0.6 is 0 Å². The smallest absolute Gasteiger partial charge is 0.253 e. The van der Waals surface area contributed by atoms with Crippen LogP contribution in [0.5, 0.6) is 5.75 Å². The molecule has 10 heteroatoms. The molecule has 0 saturated carbocycles. The lowest BCUT2D eigenvalue weighted by molar-refractivity contribution is -0.120. The Hall–Kier alpha value is -3.24. The average Bonchev–Trinajstić information content (AvgIpc) is 2.80. The second-order valence-electron chi connectivity index (χ2n) is 8.24. The Morgan fingerprint density at radius 1 is 1.18 bits per heavy atom. The zero-order chi connectivity index (χ0) is 24.1. The lowest BCUT2D eigenvalue weighted by Gasteiger charge is -2.34. The zero-order valence-corrected chi connectivity index (χ0v) is 18.4. The Balaban J connectivity index is 1.48. The molecule has 1 aliphatic rings. The number of rotatable bonds is 8. The first-order valence-electron chi connectivity index (χ1n) is 10.7. The van der Waals surface area contributed by atoms with Crippen LogP contribution < -0.4 is 22.1 Å². The molecule has 1 unspecified atom stereocenters. The van der Waals surface area contributed by atoms with E-state index in [2.05, 4.69) is 15.5 Å². The number of nitrogen functional groups attached to an aromatic ring is 1. The highest BCUT2D eigenvalue weighted by atomic mass is 19.2. The first-order valence-corrected chi connectivity index (χ1v) is 10.7. The van der Waals surface area contributed by atoms with E-state index < -0.39 is 23.6 Å². The number of carbonyl (C=O) groups is 2. The number of carbonyl (C=O) groups excluding carboxylic acids is 2. The van der Waals surface area contributed by atoms with Gasteiger partial charge >= 0.3 is 0 Å². The summed E-state index contributed by atoms with van der Waals surface area (Å²) in [6.45, 7) is 1.92. The summed E-state index contributed by atoms with van der Waals surface area (Å²) in [6, 6.07) is 6.13. The maximum atomic E-state index is 13.4. The first kappa shape index (κ1) is 24.4. The molecule has 33 heavy (non-hydrogen) atoms. The van der Waals surface area contributed by atoms with Crippen molar-refractivity contribution >= 4 is 23.1 Å². The van der Waals surface area contributed by atoms with Gasteiger partial charge in [0.2, 0.25) is 0 Å². The number of benzene rings is 2. The van der Waals surface area contributed by atoms with Crippen LogP contribution in [0.2, 0.25) is 0 Å². The summed E-state index contributed by atoms with van der Waals surface area (Å²) in [6.07, 6.45) is 1.46. The molecular formula is C23H29F2N5O3. The van der Waals surface area contributed by atoms with Gasteiger partial charge in [-0.15, -0.1) is 0 Å². The van der Waals surface area contributed by atoms with Crippen LogP contribution in [0.1, 0.15) is 28.8 Å². The van der Waals surface area contributed by atoms with Gasteiger partial charge in [-0.05, 0) is 55.6 Å². The number of Topliss-reactive ketones (excluding diaryl/α,β-unsaturated/α-hetero) is 1. The minimum atomic E-state index is -1.20. The molecule has 0 spiro atoms. The van der Waals surface area contributed by atoms with E-state index in [9.17, 15) is 23.5 Å². The van der Waals surface area contributed by atoms with Gasteiger partial charge < -0.3 is 27.2 Å². The number of phenolic OH excluding ortho intramolecular Hbond substituents is 1. The summed E-state index contributed by atoms with van der Waals surface area (Å²) >= 11 is 0. The number of likely N-dealkylation sites (tertiary alicyclic amines) is 1. The van der Waals surface area contributed by atoms with Gasteiger partial charge in [0, 0.05) is 25.3 Å². The van der Waals surface area contributed by atoms with Crippen molar-refractivity contribution in [3.05, 3.63) is 53.1 Å². The van der Waals surface area contributed by atoms with Crippen molar-refractivity contribution in [2.75, 3.05) is 37.7 Å². The summed E-state index contributed by atoms with van der Waals surface area (Å²) in [5, 5.41) is 15.1. The highest BCUT2D eigenvalue weighted by Crippen LogP contribution is 2.26. The number of anilines is 2. The molecule has 0 aromatic heterocycles. The monoisotopic (exact) mass is 461 g/mol. The second-order valence-corrected chi connectivity index (χ2v) is 8.24. The third-order valence-electron chi connectivity index (χ3n) is 6.01. The zero-order valence-electron chi connectivity index (χ0n) is 18.4. The van der Waals surface area contributed by atoms with Crippen LogP contribution in [0.25, 0.3) is 0 Å². The third-order valence-corrected chi connectivity index (χ3v) is 6.01. The van der Waals surface area contributed by atoms with Crippen LogP contribution in [0, 0.1) is 17.6 Å². The number of nitrogens with one attached hydrogen (secondary N) is 2. The van der Waals surface area contributed by atoms with Crippen LogP contribution in [0.3, 0.4) is 0 Å². The Kier molecular flexibility index (Phi) is 7.83. The van der Waals surface area contributed by atoms with Gasteiger partial charge in [0.05, 0.1) is 23.8 Å². The van der Waals surface area contributed by atoms with E-state index in [1.54, 1.807) is 13.1 Å². The molecule has 3 rings (SSSR count). The van der Waals surface area contributed by atoms with Crippen molar-refractivity contribution < 1.29 is 23.5 Å². The van der Waals surface area contributed by atoms with Gasteiger partial charge in [0.15, 0.2) is 17.4 Å². The van der Waals surface area contributed by atoms with Crippen molar-refractivity contribution in [2.24, 2.45) is 11.7 Å². The molecule has 1 atom stereocenters. The fraction of sp³-hybridized carbons (Fsp3) is 0.391. The highest BCUT2D eigenvalue weighted by Gasteiger charge is 2.29. The van der Waals surface area contributed by atoms with E-state index in [4.69, 9.17) is 11.5 Å². The molecule has 1 aliphatic heterocycles. The number of phenols is 1. The SMILES string of the molecule is CNc1cc(CN2CCC(C(N)C(=O)CNC(=O)c3cc(F)c(F)cc3N)CC2)ccc1O. The predicted octanol–water partition coefficient (Wildman–Crippen LogP) is 1.83. The van der Waals surface area contributed by atoms with Gasteiger partial charge in [0.25, 0.3) is 5.91 Å². The number of amides is 1. The molecule has 0 bridgehead atoms. The largest absolute Gasteiger partial charge is 0.506 e. The summed E-state index contributed by atoms with van der Waals surface area (Å²) in [5.41, 5.74) is 13.0. The van der Waals surface area contributed by atoms with Crippen molar-refractivity contribution in [3.8, 4) is 5.75 Å². The highest BCUT2D eigenvalue weighted by molar-refractivity contribution is 6.01. The van der Waals surface area contributed by atoms with E-state index >= 15 is 0 Å². The second kappa shape index (κ2) is 10.6. The number of ketones is 1. The maximum Gasteiger partial charge on any atom is 0.253 e. The molecule has 7 N–H and O–H groups in total. The van der Waals surface area contributed by atoms with Crippen molar-refractivity contribution in [2.45, 2.75) is 25.4 Å². The number of hydrogen-bond acceptors (Lipinski definition) is 7. The predicted molar refractivity (Wildman–Crippen MR) is 122 cm³/mol. The van der Waals surface area contributed by atoms with Crippen LogP contribution in [0.4, 0.5) is 20.2 Å². The van der Waals surface area contributed by atoms with E-state index in [1.807, 2.05) is 12.1 Å². The summed E-state index contributed by atoms with van der Waals surface area (Å²) < 4.78 is 26.6. The van der Waals surface area contributed by atoms with Crippen molar-refractivity contribution in [1.29, 1.82) is 0 Å². The van der Waals surface area contributed by atoms with Gasteiger partial charge in [-0.1, -0.05) is 6.07 Å². The topological polar surface area (TPSA) is 134 Å². The molecular weight excluding hydrogens is 432 g/mol. The molecule has 0 radical (unpaired) electrons. The Bertz CT molecular complexity index is 1030. The molecule has 1 fully saturated rings. The van der Waals surface area contributed by atoms with Gasteiger partial charge in [0.1, 0.15) is 5.75 Å². The van der Waals surface area contributed by atoms with E-state index in [1.165, 1.54) is 0 Å². The quantitative estimate of drug-likeness (QED) is 0.299. The fourth-order valence-electron chi connectivity index (χ4n) is 4.01. The fourth-order valence-corrected chi connectivity index (χ4v) is 4.01. The summed E-state index contributed by atoms with van der Waals surface area (Å²) in [5.74, 6) is -3.27. The lowest BCUT2D eigenvalue weighted by atomic mass is 9.87. The van der Waals surface area contributed by atoms with Gasteiger partial charge in [-0.25, -0.2) is 8.78 Å². The van der Waals surface area contributed by atoms with E-state index in [0.29, 0.717) is 11.8 Å². The molecule has 0 aliphatic carbocycles. The number of piperidine rings is 1. The average molecular weight is 462 g/mol. The van der Waals surface area contributed by atoms with Gasteiger partial charge in [-0.3, -0.25) is 14.5 Å². The van der Waals surface area contributed by atoms with E-state index in [0.717, 1.165) is 44.1 Å². The standard InChI is InChI=1S/C23H29F2N5O3/c1-28-19-8-13(2-3-20(19)31)12-30-6-4-14(5-7-30)22(27)21(32)11-29-23(33)15-9-16(24)17(25)10-18(15)26/h2-3,8-10,14,22,28,31H,4-7,11-12,26-27H2,1H3,(H,29,33). The van der Waals surface area contributed by atoms with Crippen molar-refractivity contribution in [3.63, 3.8) is 0 Å². The molecule has 2 aromatic rings. The van der Waals surface area contributed by atoms with Crippen LogP contribution in [0.15, 0.2) is 30.3 Å². The molecule has 1 saturated heterocycles. The molecule has 1 amide bonds. The third kappa shape index (κ3) is 5.96. The summed E-state index contributed by atoms with van der Waals surface area (Å²) in [4.78, 5) is 27.0. The number of aromatic hydroxyl groups is 1. The molecule has 178 valence electrons. The Morgan fingerprint density at radius 3 is 2.52 bits per heavy atom. The number of nitrogens with zero attached hydrogens (tertiary/aromatic N) is 1. The normalized spacial score (nSPS) is 15.8. The lowest BCUT2D eigenvalue weighted by Crippen LogP contribution is -2.47.